The van der Waals surface area contributed by atoms with Crippen LogP contribution in [0.2, 0.25) is 0 Å². The van der Waals surface area contributed by atoms with E-state index >= 15 is 0 Å². The molecule has 0 bridgehead atoms. The summed E-state index contributed by atoms with van der Waals surface area (Å²) in [5.74, 6) is -1.04. The second-order valence-electron chi connectivity index (χ2n) is 9.08. The van der Waals surface area contributed by atoms with E-state index in [4.69, 9.17) is 18.9 Å². The van der Waals surface area contributed by atoms with Gasteiger partial charge in [0.2, 0.25) is 0 Å². The number of amidine groups is 1. The van der Waals surface area contributed by atoms with Gasteiger partial charge in [0.1, 0.15) is 34.6 Å². The summed E-state index contributed by atoms with van der Waals surface area (Å²) in [5.41, 5.74) is 2.41. The monoisotopic (exact) mass is 557 g/mol. The van der Waals surface area contributed by atoms with E-state index in [9.17, 15) is 19.5 Å². The summed E-state index contributed by atoms with van der Waals surface area (Å²) >= 11 is 0. The van der Waals surface area contributed by atoms with Crippen LogP contribution < -0.4 is 9.47 Å². The van der Waals surface area contributed by atoms with Crippen LogP contribution in [-0.4, -0.2) is 59.7 Å². The number of nitrogens with one attached hydrogen (secondary N) is 1. The molecule has 210 valence electrons. The molecule has 2 N–H and O–H groups in total. The number of aromatic nitrogens is 1. The number of carboxylic acids is 1. The van der Waals surface area contributed by atoms with Crippen LogP contribution in [0.3, 0.4) is 0 Å². The molecule has 1 unspecified atom stereocenters. The first-order valence-corrected chi connectivity index (χ1v) is 12.7. The lowest BCUT2D eigenvalue weighted by atomic mass is 9.94. The van der Waals surface area contributed by atoms with Crippen molar-refractivity contribution in [2.75, 3.05) is 20.8 Å². The molecule has 0 spiro atoms. The van der Waals surface area contributed by atoms with Crippen molar-refractivity contribution >= 4 is 29.9 Å². The van der Waals surface area contributed by atoms with Gasteiger partial charge in [-0.15, -0.1) is 0 Å². The van der Waals surface area contributed by atoms with Crippen molar-refractivity contribution in [2.24, 2.45) is 4.99 Å². The number of ether oxygens (including phenoxy) is 4. The number of carbonyl (C=O) groups excluding carboxylic acids is 2. The molecule has 1 atom stereocenters. The normalized spacial score (nSPS) is 17.2. The zero-order chi connectivity index (χ0) is 29.3. The van der Waals surface area contributed by atoms with Crippen molar-refractivity contribution in [3.05, 3.63) is 88.4 Å². The first-order valence-electron chi connectivity index (χ1n) is 12.7. The van der Waals surface area contributed by atoms with Crippen LogP contribution in [0.5, 0.6) is 11.5 Å². The number of carboxylic acid groups (broad SMARTS) is 1. The number of aromatic amines is 1. The van der Waals surface area contributed by atoms with E-state index in [1.807, 2.05) is 0 Å². The molecule has 11 heteroatoms. The number of hydrogen-bond acceptors (Lipinski definition) is 8. The predicted octanol–water partition coefficient (Wildman–Crippen LogP) is 4.54. The number of aliphatic imine (C=N–C) groups is 1. The molecule has 2 aromatic carbocycles. The van der Waals surface area contributed by atoms with Crippen molar-refractivity contribution in [3.8, 4) is 22.8 Å². The van der Waals surface area contributed by atoms with Crippen LogP contribution in [0.1, 0.15) is 41.5 Å². The number of carbonyl (C=O) groups is 3. The molecule has 11 nitrogen and oxygen atoms in total. The van der Waals surface area contributed by atoms with Crippen LogP contribution in [0.25, 0.3) is 17.3 Å². The first kappa shape index (κ1) is 27.3. The minimum absolute atomic E-state index is 0.00216. The summed E-state index contributed by atoms with van der Waals surface area (Å²) in [6.07, 6.45) is 1.53. The van der Waals surface area contributed by atoms with E-state index in [-0.39, 0.29) is 35.2 Å². The smallest absolute Gasteiger partial charge is 0.339 e. The van der Waals surface area contributed by atoms with Crippen molar-refractivity contribution in [2.45, 2.75) is 19.9 Å². The topological polar surface area (TPSA) is 140 Å². The largest absolute Gasteiger partial charge is 0.497 e. The Morgan fingerprint density at radius 1 is 1.12 bits per heavy atom. The lowest BCUT2D eigenvalue weighted by Gasteiger charge is -2.35. The Labute approximate surface area is 235 Å². The quantitative estimate of drug-likeness (QED) is 0.304. The van der Waals surface area contributed by atoms with Gasteiger partial charge in [-0.05, 0) is 50.3 Å². The third kappa shape index (κ3) is 4.93. The molecular formula is C30H27N3O8. The molecule has 1 aromatic heterocycles. The molecule has 0 saturated carbocycles. The number of allylic oxidation sites excluding steroid dienone is 1. The average Bonchev–Trinajstić information content (AvgIpc) is 3.56. The van der Waals surface area contributed by atoms with Gasteiger partial charge in [0, 0.05) is 28.6 Å². The summed E-state index contributed by atoms with van der Waals surface area (Å²) in [4.78, 5) is 47.5. The standard InChI is InChI=1S/C30H27N3O8/c1-5-40-29(37)25-16(2)41-30-32-23(14-17-10-13-22(31-17)19-8-6-7-9-20(19)28(35)36)27(34)33(30)26(25)21-12-11-18(38-3)15-24(21)39-4/h6-15,26,31H,5H2,1-4H3,(H,35,36)/b23-14-. The lowest BCUT2D eigenvalue weighted by molar-refractivity contribution is -0.140. The highest BCUT2D eigenvalue weighted by Gasteiger charge is 2.47. The Morgan fingerprint density at radius 3 is 2.61 bits per heavy atom. The maximum Gasteiger partial charge on any atom is 0.339 e. The second kappa shape index (κ2) is 11.0. The molecule has 2 aliphatic rings. The first-order chi connectivity index (χ1) is 19.8. The highest BCUT2D eigenvalue weighted by molar-refractivity contribution is 6.14. The van der Waals surface area contributed by atoms with Crippen LogP contribution in [0.4, 0.5) is 0 Å². The molecule has 0 fully saturated rings. The zero-order valence-corrected chi connectivity index (χ0v) is 22.8. The van der Waals surface area contributed by atoms with E-state index in [1.54, 1.807) is 62.4 Å². The van der Waals surface area contributed by atoms with Crippen LogP contribution >= 0.6 is 0 Å². The van der Waals surface area contributed by atoms with Gasteiger partial charge in [0.05, 0.1) is 26.4 Å². The van der Waals surface area contributed by atoms with Crippen molar-refractivity contribution < 1.29 is 38.4 Å². The van der Waals surface area contributed by atoms with Crippen LogP contribution in [0.15, 0.2) is 76.6 Å². The van der Waals surface area contributed by atoms with Crippen LogP contribution in [0, 0.1) is 0 Å². The van der Waals surface area contributed by atoms with Crippen LogP contribution in [-0.2, 0) is 19.1 Å². The Bertz CT molecular complexity index is 1650. The molecule has 5 rings (SSSR count). The number of hydrogen-bond donors (Lipinski definition) is 2. The highest BCUT2D eigenvalue weighted by Crippen LogP contribution is 2.44. The van der Waals surface area contributed by atoms with Crippen molar-refractivity contribution in [1.82, 2.24) is 9.88 Å². The number of benzene rings is 2. The van der Waals surface area contributed by atoms with Gasteiger partial charge in [-0.3, -0.25) is 4.79 Å². The predicted molar refractivity (Wildman–Crippen MR) is 148 cm³/mol. The van der Waals surface area contributed by atoms with E-state index in [0.717, 1.165) is 0 Å². The van der Waals surface area contributed by atoms with Gasteiger partial charge < -0.3 is 29.0 Å². The number of aromatic carboxylic acids is 1. The minimum atomic E-state index is -1.05. The number of nitrogens with zero attached hydrogens (tertiary/aromatic N) is 2. The summed E-state index contributed by atoms with van der Waals surface area (Å²) in [5, 5.41) is 9.56. The summed E-state index contributed by atoms with van der Waals surface area (Å²) in [6.45, 7) is 3.43. The van der Waals surface area contributed by atoms with E-state index < -0.39 is 23.9 Å². The Hall–Kier alpha value is -5.32. The number of H-pyrrole nitrogens is 1. The summed E-state index contributed by atoms with van der Waals surface area (Å²) in [7, 11) is 3.00. The maximum atomic E-state index is 13.8. The second-order valence-corrected chi connectivity index (χ2v) is 9.08. The Kier molecular flexibility index (Phi) is 7.34. The van der Waals surface area contributed by atoms with Crippen molar-refractivity contribution in [1.29, 1.82) is 0 Å². The molecule has 0 aliphatic carbocycles. The molecule has 41 heavy (non-hydrogen) atoms. The number of rotatable bonds is 8. The van der Waals surface area contributed by atoms with Crippen molar-refractivity contribution in [3.63, 3.8) is 0 Å². The average molecular weight is 558 g/mol. The van der Waals surface area contributed by atoms with Gasteiger partial charge in [-0.25, -0.2) is 14.5 Å². The molecule has 3 heterocycles. The molecule has 0 radical (unpaired) electrons. The lowest BCUT2D eigenvalue weighted by Crippen LogP contribution is -2.43. The van der Waals surface area contributed by atoms with Gasteiger partial charge >= 0.3 is 18.0 Å². The number of fused-ring (bicyclic) bond motifs is 1. The fraction of sp³-hybridized carbons (Fsp3) is 0.200. The van der Waals surface area contributed by atoms with E-state index in [0.29, 0.717) is 34.0 Å². The third-order valence-corrected chi connectivity index (χ3v) is 6.69. The number of esters is 1. The Balaban J connectivity index is 1.56. The van der Waals surface area contributed by atoms with Gasteiger partial charge in [-0.2, -0.15) is 4.99 Å². The fourth-order valence-corrected chi connectivity index (χ4v) is 4.83. The molecule has 2 aliphatic heterocycles. The van der Waals surface area contributed by atoms with Gasteiger partial charge in [0.15, 0.2) is 0 Å². The molecule has 1 amide bonds. The van der Waals surface area contributed by atoms with E-state index in [2.05, 4.69) is 9.98 Å². The maximum absolute atomic E-state index is 13.8. The summed E-state index contributed by atoms with van der Waals surface area (Å²) < 4.78 is 22.1. The minimum Gasteiger partial charge on any atom is -0.497 e. The summed E-state index contributed by atoms with van der Waals surface area (Å²) in [6, 6.07) is 14.2. The van der Waals surface area contributed by atoms with Gasteiger partial charge in [-0.1, -0.05) is 18.2 Å². The fourth-order valence-electron chi connectivity index (χ4n) is 4.83. The zero-order valence-electron chi connectivity index (χ0n) is 22.8. The highest BCUT2D eigenvalue weighted by atomic mass is 16.5. The van der Waals surface area contributed by atoms with E-state index in [1.165, 1.54) is 31.3 Å². The molecule has 0 saturated heterocycles. The molecular weight excluding hydrogens is 530 g/mol. The number of methoxy groups -OCH3 is 2. The number of amides is 1. The SMILES string of the molecule is CCOC(=O)C1=C(C)OC2=N/C(=C\c3ccc(-c4ccccc4C(=O)O)[nH]3)C(=O)N2C1c1ccc(OC)cc1OC. The molecule has 3 aromatic rings. The third-order valence-electron chi connectivity index (χ3n) is 6.69. The Morgan fingerprint density at radius 2 is 1.90 bits per heavy atom. The van der Waals surface area contributed by atoms with Gasteiger partial charge in [0.25, 0.3) is 5.91 Å².